The van der Waals surface area contributed by atoms with Crippen LogP contribution in [0.4, 0.5) is 14.6 Å². The fraction of sp³-hybridized carbons (Fsp3) is 0.500. The molecule has 2 aliphatic heterocycles. The van der Waals surface area contributed by atoms with Crippen LogP contribution in [-0.4, -0.2) is 89.0 Å². The van der Waals surface area contributed by atoms with E-state index in [2.05, 4.69) is 34.7 Å². The van der Waals surface area contributed by atoms with Gasteiger partial charge in [-0.05, 0) is 31.9 Å². The zero-order valence-electron chi connectivity index (χ0n) is 21.0. The van der Waals surface area contributed by atoms with Gasteiger partial charge in [-0.1, -0.05) is 17.4 Å². The second kappa shape index (κ2) is 9.09. The first-order chi connectivity index (χ1) is 18.7. The molecule has 0 spiro atoms. The monoisotopic (exact) mass is 576 g/mol. The van der Waals surface area contributed by atoms with Gasteiger partial charge in [0.2, 0.25) is 15.2 Å². The lowest BCUT2D eigenvalue weighted by atomic mass is 10.1. The molecule has 15 heteroatoms. The molecule has 3 aromatic heterocycles. The first-order valence-electron chi connectivity index (χ1n) is 12.7. The second-order valence-corrected chi connectivity index (χ2v) is 13.2. The standard InChI is InChI=1S/C24H26F2N8O3S2/c1-24(4-5-24)31-39(35,36)15-2-3-16-17(10-15)34(23-30-29-22(38-23)19(25)26)21-18(16)20(27-13-28-21)33-7-6-32-8-9-37-12-14(32)11-33/h2-3,10,13-14,19,31H,4-9,11-12H2,1H3. The van der Waals surface area contributed by atoms with E-state index in [0.29, 0.717) is 40.9 Å². The highest BCUT2D eigenvalue weighted by Crippen LogP contribution is 2.40. The van der Waals surface area contributed by atoms with Crippen LogP contribution in [0.3, 0.4) is 0 Å². The Bertz CT molecular complexity index is 1690. The van der Waals surface area contributed by atoms with E-state index in [9.17, 15) is 17.2 Å². The molecular weight excluding hydrogens is 550 g/mol. The fourth-order valence-electron chi connectivity index (χ4n) is 5.42. The van der Waals surface area contributed by atoms with Crippen LogP contribution in [0.5, 0.6) is 0 Å². The molecule has 1 atom stereocenters. The predicted molar refractivity (Wildman–Crippen MR) is 141 cm³/mol. The molecule has 4 aromatic rings. The molecule has 0 radical (unpaired) electrons. The molecule has 1 N–H and O–H groups in total. The van der Waals surface area contributed by atoms with E-state index in [4.69, 9.17) is 4.74 Å². The van der Waals surface area contributed by atoms with E-state index >= 15 is 0 Å². The lowest BCUT2D eigenvalue weighted by Gasteiger charge is -2.44. The first kappa shape index (κ1) is 25.1. The van der Waals surface area contributed by atoms with Gasteiger partial charge in [0.25, 0.3) is 6.43 Å². The highest BCUT2D eigenvalue weighted by atomic mass is 32.2. The lowest BCUT2D eigenvalue weighted by Crippen LogP contribution is -2.58. The summed E-state index contributed by atoms with van der Waals surface area (Å²) >= 11 is 0.747. The number of hydrogen-bond acceptors (Lipinski definition) is 10. The van der Waals surface area contributed by atoms with Gasteiger partial charge < -0.3 is 9.64 Å². The summed E-state index contributed by atoms with van der Waals surface area (Å²) in [7, 11) is -3.82. The molecule has 5 heterocycles. The lowest BCUT2D eigenvalue weighted by molar-refractivity contribution is -0.0117. The molecule has 11 nitrogen and oxygen atoms in total. The number of alkyl halides is 2. The third-order valence-electron chi connectivity index (χ3n) is 7.73. The third kappa shape index (κ3) is 4.36. The molecule has 7 rings (SSSR count). The number of nitrogens with one attached hydrogen (secondary N) is 1. The molecule has 1 aliphatic carbocycles. The Kier molecular flexibility index (Phi) is 5.86. The summed E-state index contributed by atoms with van der Waals surface area (Å²) in [6.07, 6.45) is 0.212. The minimum atomic E-state index is -3.82. The number of piperazine rings is 1. The SMILES string of the molecule is CC1(NS(=O)(=O)c2ccc3c4c(N5CCN6CCOCC6C5)ncnc4n(-c4nnc(C(F)F)s4)c3c2)CC1. The van der Waals surface area contributed by atoms with Crippen LogP contribution >= 0.6 is 11.3 Å². The number of ether oxygens (including phenoxy) is 1. The molecule has 0 bridgehead atoms. The highest BCUT2D eigenvalue weighted by molar-refractivity contribution is 7.89. The number of morpholine rings is 1. The van der Waals surface area contributed by atoms with Gasteiger partial charge in [0.15, 0.2) is 10.7 Å². The van der Waals surface area contributed by atoms with E-state index in [1.807, 2.05) is 6.92 Å². The summed E-state index contributed by atoms with van der Waals surface area (Å²) in [6, 6.07) is 5.08. The molecule has 3 fully saturated rings. The summed E-state index contributed by atoms with van der Waals surface area (Å²) in [5.74, 6) is 0.701. The molecular formula is C24H26F2N8O3S2. The van der Waals surface area contributed by atoms with Gasteiger partial charge in [-0.3, -0.25) is 9.47 Å². The predicted octanol–water partition coefficient (Wildman–Crippen LogP) is 2.71. The minimum absolute atomic E-state index is 0.0771. The van der Waals surface area contributed by atoms with E-state index in [1.54, 1.807) is 22.8 Å². The number of benzene rings is 1. The molecule has 1 unspecified atom stereocenters. The zero-order chi connectivity index (χ0) is 26.9. The molecule has 39 heavy (non-hydrogen) atoms. The maximum absolute atomic E-state index is 13.4. The number of anilines is 1. The Morgan fingerprint density at radius 1 is 1.18 bits per heavy atom. The summed E-state index contributed by atoms with van der Waals surface area (Å²) in [5.41, 5.74) is 0.480. The largest absolute Gasteiger partial charge is 0.378 e. The topological polar surface area (TPSA) is 118 Å². The van der Waals surface area contributed by atoms with Crippen LogP contribution in [-0.2, 0) is 14.8 Å². The van der Waals surface area contributed by atoms with Crippen LogP contribution in [0.15, 0.2) is 29.4 Å². The average Bonchev–Trinajstić information content (AvgIpc) is 3.32. The smallest absolute Gasteiger partial charge is 0.291 e. The number of aromatic nitrogens is 5. The Balaban J connectivity index is 1.41. The van der Waals surface area contributed by atoms with Crippen LogP contribution in [0.25, 0.3) is 27.1 Å². The number of halogens is 2. The van der Waals surface area contributed by atoms with Gasteiger partial charge in [-0.15, -0.1) is 10.2 Å². The van der Waals surface area contributed by atoms with Crippen LogP contribution < -0.4 is 9.62 Å². The van der Waals surface area contributed by atoms with Crippen molar-refractivity contribution < 1.29 is 21.9 Å². The van der Waals surface area contributed by atoms with Gasteiger partial charge in [0.05, 0.1) is 35.1 Å². The number of rotatable bonds is 6. The van der Waals surface area contributed by atoms with Crippen LogP contribution in [0, 0.1) is 0 Å². The zero-order valence-corrected chi connectivity index (χ0v) is 22.7. The quantitative estimate of drug-likeness (QED) is 0.370. The average molecular weight is 577 g/mol. The first-order valence-corrected chi connectivity index (χ1v) is 15.0. The van der Waals surface area contributed by atoms with Crippen molar-refractivity contribution in [3.63, 3.8) is 0 Å². The van der Waals surface area contributed by atoms with Crippen molar-refractivity contribution in [3.05, 3.63) is 29.5 Å². The maximum Gasteiger partial charge on any atom is 0.291 e. The number of hydrogen-bond donors (Lipinski definition) is 1. The van der Waals surface area contributed by atoms with Crippen LogP contribution in [0.1, 0.15) is 31.2 Å². The highest BCUT2D eigenvalue weighted by Gasteiger charge is 2.41. The molecule has 0 amide bonds. The Hall–Kier alpha value is -2.85. The van der Waals surface area contributed by atoms with Gasteiger partial charge >= 0.3 is 0 Å². The Labute approximate surface area is 226 Å². The fourth-order valence-corrected chi connectivity index (χ4v) is 7.62. The molecule has 206 valence electrons. The molecule has 1 saturated carbocycles. The maximum atomic E-state index is 13.4. The van der Waals surface area contributed by atoms with E-state index in [0.717, 1.165) is 50.4 Å². The van der Waals surface area contributed by atoms with Crippen molar-refractivity contribution in [2.24, 2.45) is 0 Å². The minimum Gasteiger partial charge on any atom is -0.378 e. The van der Waals surface area contributed by atoms with Crippen molar-refractivity contribution in [2.75, 3.05) is 44.3 Å². The van der Waals surface area contributed by atoms with Crippen molar-refractivity contribution in [1.29, 1.82) is 0 Å². The van der Waals surface area contributed by atoms with E-state index in [1.165, 1.54) is 6.33 Å². The molecule has 1 aromatic carbocycles. The van der Waals surface area contributed by atoms with Gasteiger partial charge in [0.1, 0.15) is 12.1 Å². The number of sulfonamides is 1. The van der Waals surface area contributed by atoms with E-state index < -0.39 is 27.0 Å². The van der Waals surface area contributed by atoms with Crippen molar-refractivity contribution in [2.45, 2.75) is 42.7 Å². The number of fused-ring (bicyclic) bond motifs is 4. The van der Waals surface area contributed by atoms with Crippen molar-refractivity contribution in [3.8, 4) is 5.13 Å². The van der Waals surface area contributed by atoms with Crippen molar-refractivity contribution in [1.82, 2.24) is 34.4 Å². The van der Waals surface area contributed by atoms with Crippen LogP contribution in [0.2, 0.25) is 0 Å². The van der Waals surface area contributed by atoms with E-state index in [-0.39, 0.29) is 16.1 Å². The van der Waals surface area contributed by atoms with Crippen molar-refractivity contribution >= 4 is 49.1 Å². The second-order valence-electron chi connectivity index (χ2n) is 10.5. The summed E-state index contributed by atoms with van der Waals surface area (Å²) in [5, 5.41) is 8.86. The Morgan fingerprint density at radius 3 is 2.79 bits per heavy atom. The Morgan fingerprint density at radius 2 is 2.03 bits per heavy atom. The summed E-state index contributed by atoms with van der Waals surface area (Å²) in [6.45, 7) is 6.45. The van der Waals surface area contributed by atoms with Gasteiger partial charge in [-0.2, -0.15) is 0 Å². The normalized spacial score (nSPS) is 21.6. The number of nitrogens with zero attached hydrogens (tertiary/aromatic N) is 7. The molecule has 2 saturated heterocycles. The molecule has 3 aliphatic rings. The summed E-state index contributed by atoms with van der Waals surface area (Å²) < 4.78 is 63.4. The van der Waals surface area contributed by atoms with Gasteiger partial charge in [-0.25, -0.2) is 31.9 Å². The van der Waals surface area contributed by atoms with Gasteiger partial charge in [0, 0.05) is 37.1 Å². The summed E-state index contributed by atoms with van der Waals surface area (Å²) in [4.78, 5) is 13.9. The third-order valence-corrected chi connectivity index (χ3v) is 10.3.